The first-order valence-electron chi connectivity index (χ1n) is 18.5. The molecule has 3 aromatic carbocycles. The summed E-state index contributed by atoms with van der Waals surface area (Å²) < 4.78 is 17.1. The van der Waals surface area contributed by atoms with Crippen molar-refractivity contribution in [2.24, 2.45) is 7.05 Å². The maximum absolute atomic E-state index is 15.3. The average Bonchev–Trinajstić information content (AvgIpc) is 3.90. The van der Waals surface area contributed by atoms with E-state index in [1.807, 2.05) is 81.9 Å². The van der Waals surface area contributed by atoms with Crippen LogP contribution in [0.25, 0.3) is 32.9 Å². The number of hydrogen-bond donors (Lipinski definition) is 1. The highest BCUT2D eigenvalue weighted by atomic mass is 35.5. The molecule has 0 saturated heterocycles. The topological polar surface area (TPSA) is 133 Å². The zero-order valence-corrected chi connectivity index (χ0v) is 33.7. The van der Waals surface area contributed by atoms with Crippen LogP contribution in [-0.2, 0) is 20.0 Å². The van der Waals surface area contributed by atoms with Gasteiger partial charge in [-0.3, -0.25) is 9.48 Å². The van der Waals surface area contributed by atoms with Gasteiger partial charge in [-0.05, 0) is 94.5 Å². The average molecular weight is 795 g/mol. The monoisotopic (exact) mass is 793 g/mol. The predicted octanol–water partition coefficient (Wildman–Crippen LogP) is 9.21. The van der Waals surface area contributed by atoms with Gasteiger partial charge in [-0.2, -0.15) is 10.1 Å². The van der Waals surface area contributed by atoms with Gasteiger partial charge in [-0.1, -0.05) is 46.6 Å². The lowest BCUT2D eigenvalue weighted by Gasteiger charge is -2.35. The second-order valence-electron chi connectivity index (χ2n) is 14.6. The Balaban J connectivity index is 1.28. The number of carboxylic acid groups (broad SMARTS) is 1. The number of benzene rings is 3. The highest BCUT2D eigenvalue weighted by Crippen LogP contribution is 2.46. The van der Waals surface area contributed by atoms with Crippen molar-refractivity contribution in [1.82, 2.24) is 29.1 Å². The molecule has 5 heterocycles. The summed E-state index contributed by atoms with van der Waals surface area (Å²) >= 11 is 13.5. The number of amides is 1. The summed E-state index contributed by atoms with van der Waals surface area (Å²) in [7, 11) is 1.92. The molecule has 1 N–H and O–H groups in total. The van der Waals surface area contributed by atoms with E-state index in [1.54, 1.807) is 22.5 Å². The van der Waals surface area contributed by atoms with Crippen LogP contribution in [0.3, 0.4) is 0 Å². The fourth-order valence-electron chi connectivity index (χ4n) is 8.35. The second kappa shape index (κ2) is 14.2. The molecule has 4 aromatic heterocycles. The summed E-state index contributed by atoms with van der Waals surface area (Å²) in [4.78, 5) is 34.0. The summed E-state index contributed by atoms with van der Waals surface area (Å²) in [5.41, 5.74) is 9.04. The zero-order valence-electron chi connectivity index (χ0n) is 32.2. The number of nitrogens with zero attached hydrogens (tertiary/aromatic N) is 7. The van der Waals surface area contributed by atoms with Gasteiger partial charge in [-0.15, -0.1) is 0 Å². The van der Waals surface area contributed by atoms with Gasteiger partial charge in [0, 0.05) is 59.2 Å². The minimum atomic E-state index is -1.11. The summed E-state index contributed by atoms with van der Waals surface area (Å²) in [6.07, 6.45) is 1.17. The number of ether oxygens (including phenoxy) is 1. The smallest absolute Gasteiger partial charge is 0.352 e. The Bertz CT molecular complexity index is 2720. The number of aromatic carboxylic acids is 1. The maximum atomic E-state index is 15.3. The number of rotatable bonds is 10. The molecule has 0 aliphatic carbocycles. The van der Waals surface area contributed by atoms with Gasteiger partial charge in [0.05, 0.1) is 40.6 Å². The molecule has 14 heteroatoms. The van der Waals surface area contributed by atoms with E-state index in [2.05, 4.69) is 21.6 Å². The summed E-state index contributed by atoms with van der Waals surface area (Å²) in [6, 6.07) is 14.8. The lowest BCUT2D eigenvalue weighted by atomic mass is 9.98. The molecule has 1 atom stereocenters. The summed E-state index contributed by atoms with van der Waals surface area (Å²) in [5.74, 6) is 0.134. The minimum absolute atomic E-state index is 0.0426. The van der Waals surface area contributed by atoms with Gasteiger partial charge < -0.3 is 28.4 Å². The predicted molar refractivity (Wildman–Crippen MR) is 217 cm³/mol. The fourth-order valence-corrected chi connectivity index (χ4v) is 8.70. The number of halogens is 2. The zero-order chi connectivity index (χ0) is 39.7. The van der Waals surface area contributed by atoms with E-state index in [9.17, 15) is 9.90 Å². The van der Waals surface area contributed by atoms with E-state index >= 15 is 4.79 Å². The van der Waals surface area contributed by atoms with Crippen LogP contribution in [0.1, 0.15) is 80.2 Å². The lowest BCUT2D eigenvalue weighted by Crippen LogP contribution is -2.43. The Labute approximate surface area is 333 Å². The number of aryl methyl sites for hydroxylation is 6. The summed E-state index contributed by atoms with van der Waals surface area (Å²) in [5, 5.41) is 22.0. The summed E-state index contributed by atoms with van der Waals surface area (Å²) in [6.45, 7) is 12.5. The molecule has 0 spiro atoms. The molecule has 8 rings (SSSR count). The molecule has 0 fully saturated rings. The van der Waals surface area contributed by atoms with Crippen LogP contribution in [-0.4, -0.2) is 59.2 Å². The van der Waals surface area contributed by atoms with Crippen LogP contribution >= 0.6 is 23.2 Å². The molecular formula is C42H41Cl2N7O5. The van der Waals surface area contributed by atoms with Crippen LogP contribution in [0.4, 0.5) is 5.69 Å². The normalized spacial score (nSPS) is 14.3. The second-order valence-corrected chi connectivity index (χ2v) is 15.4. The Hall–Kier alpha value is -5.59. The van der Waals surface area contributed by atoms with Crippen LogP contribution < -0.4 is 9.64 Å². The van der Waals surface area contributed by atoms with E-state index in [1.165, 1.54) is 0 Å². The number of carbonyl (C=O) groups is 2. The molecule has 7 aromatic rings. The molecule has 288 valence electrons. The first-order chi connectivity index (χ1) is 26.7. The van der Waals surface area contributed by atoms with Crippen molar-refractivity contribution in [3.8, 4) is 16.9 Å². The van der Waals surface area contributed by atoms with Gasteiger partial charge >= 0.3 is 5.97 Å². The number of hydrogen-bond acceptors (Lipinski definition) is 7. The quantitative estimate of drug-likeness (QED) is 0.136. The molecular weight excluding hydrogens is 753 g/mol. The molecule has 0 radical (unpaired) electrons. The van der Waals surface area contributed by atoms with Crippen LogP contribution in [0, 0.1) is 34.6 Å². The number of carbonyl (C=O) groups excluding carboxylic acids is 1. The Morgan fingerprint density at radius 3 is 2.43 bits per heavy atom. The van der Waals surface area contributed by atoms with Gasteiger partial charge in [-0.25, -0.2) is 4.79 Å². The van der Waals surface area contributed by atoms with Gasteiger partial charge in [0.1, 0.15) is 17.1 Å². The minimum Gasteiger partial charge on any atom is -0.494 e. The van der Waals surface area contributed by atoms with Gasteiger partial charge in [0.25, 0.3) is 5.91 Å². The van der Waals surface area contributed by atoms with Crippen molar-refractivity contribution >= 4 is 62.6 Å². The number of anilines is 1. The van der Waals surface area contributed by atoms with E-state index in [4.69, 9.17) is 37.6 Å². The van der Waals surface area contributed by atoms with E-state index in [0.717, 1.165) is 60.9 Å². The molecule has 1 amide bonds. The van der Waals surface area contributed by atoms with Crippen LogP contribution in [0.15, 0.2) is 53.1 Å². The van der Waals surface area contributed by atoms with Crippen molar-refractivity contribution in [1.29, 1.82) is 0 Å². The van der Waals surface area contributed by atoms with Crippen molar-refractivity contribution in [2.45, 2.75) is 67.0 Å². The maximum Gasteiger partial charge on any atom is 0.352 e. The first-order valence-corrected chi connectivity index (χ1v) is 19.2. The van der Waals surface area contributed by atoms with Crippen molar-refractivity contribution in [3.63, 3.8) is 0 Å². The fraction of sp³-hybridized carbons (Fsp3) is 0.310. The molecule has 56 heavy (non-hydrogen) atoms. The molecule has 1 aliphatic heterocycles. The standard InChI is InChI=1S/C42H41Cl2N7O5/c1-21-16-28(17-22(2)37(21)44)55-15-9-11-29-30-13-14-31(43)36(35-24(4)46-48(7)25(35)5)39(30)51-23(3)19-50(41(52)40(29)51)32-12-8-10-27-18-33(42(53)54)49(38(27)32)20-34-45-26(6)56-47-34/h8,10,12-14,16-18,23H,9,11,15,19-20H2,1-7H3,(H,53,54)/t23-/m1/s1. The Kier molecular flexibility index (Phi) is 9.45. The largest absolute Gasteiger partial charge is 0.494 e. The Morgan fingerprint density at radius 1 is 1.02 bits per heavy atom. The third-order valence-electron chi connectivity index (χ3n) is 10.8. The van der Waals surface area contributed by atoms with Crippen molar-refractivity contribution in [3.05, 3.63) is 110 Å². The van der Waals surface area contributed by atoms with Crippen molar-refractivity contribution in [2.75, 3.05) is 18.1 Å². The highest BCUT2D eigenvalue weighted by molar-refractivity contribution is 6.35. The molecule has 0 bridgehead atoms. The molecule has 0 unspecified atom stereocenters. The number of aromatic nitrogens is 6. The third kappa shape index (κ3) is 6.11. The number of carboxylic acids is 1. The van der Waals surface area contributed by atoms with Crippen molar-refractivity contribution < 1.29 is 24.0 Å². The SMILES string of the molecule is Cc1nc(Cn2c(C(=O)O)cc3cccc(N4C[C@@H](C)n5c(c(CCCOc6cc(C)c(Cl)c(C)c6)c6ccc(Cl)c(-c7c(C)nn(C)c7C)c65)C4=O)c32)no1. The van der Waals surface area contributed by atoms with Crippen LogP contribution in [0.2, 0.25) is 10.0 Å². The van der Waals surface area contributed by atoms with Crippen LogP contribution in [0.5, 0.6) is 5.75 Å². The molecule has 0 saturated carbocycles. The molecule has 1 aliphatic rings. The first kappa shape index (κ1) is 37.3. The lowest BCUT2D eigenvalue weighted by molar-refractivity contribution is 0.0686. The third-order valence-corrected chi connectivity index (χ3v) is 11.8. The highest BCUT2D eigenvalue weighted by Gasteiger charge is 2.38. The number of fused-ring (bicyclic) bond motifs is 4. The van der Waals surface area contributed by atoms with E-state index < -0.39 is 5.97 Å². The van der Waals surface area contributed by atoms with Gasteiger partial charge in [0.2, 0.25) is 5.89 Å². The number of para-hydroxylation sites is 1. The Morgan fingerprint density at radius 2 is 1.77 bits per heavy atom. The van der Waals surface area contributed by atoms with E-state index in [-0.39, 0.29) is 24.2 Å². The molecule has 12 nitrogen and oxygen atoms in total. The van der Waals surface area contributed by atoms with E-state index in [0.29, 0.717) is 65.0 Å². The van der Waals surface area contributed by atoms with Gasteiger partial charge in [0.15, 0.2) is 5.82 Å².